The lowest BCUT2D eigenvalue weighted by Gasteiger charge is -2.26. The third kappa shape index (κ3) is 2.24. The Morgan fingerprint density at radius 2 is 2.44 bits per heavy atom. The molecular weight excluding hydrogens is 236 g/mol. The summed E-state index contributed by atoms with van der Waals surface area (Å²) in [5, 5.41) is 17.9. The standard InChI is InChI=1S/C11H12N4O3/c1-15(9-6-18-5-8(9)10(16)17)11-13-3-2-7(4-12)14-11/h2-3,8-9H,5-6H2,1H3,(H,16,17). The van der Waals surface area contributed by atoms with E-state index in [2.05, 4.69) is 9.97 Å². The van der Waals surface area contributed by atoms with Gasteiger partial charge in [-0.1, -0.05) is 0 Å². The zero-order valence-corrected chi connectivity index (χ0v) is 9.78. The molecule has 18 heavy (non-hydrogen) atoms. The molecule has 0 spiro atoms. The zero-order valence-electron chi connectivity index (χ0n) is 9.78. The number of ether oxygens (including phenoxy) is 1. The Morgan fingerprint density at radius 1 is 1.67 bits per heavy atom. The van der Waals surface area contributed by atoms with Gasteiger partial charge in [0.1, 0.15) is 17.7 Å². The van der Waals surface area contributed by atoms with Gasteiger partial charge in [0.2, 0.25) is 5.95 Å². The maximum Gasteiger partial charge on any atom is 0.311 e. The van der Waals surface area contributed by atoms with Gasteiger partial charge in [0.05, 0.1) is 19.3 Å². The number of rotatable bonds is 3. The van der Waals surface area contributed by atoms with Crippen LogP contribution in [-0.4, -0.2) is 47.3 Å². The van der Waals surface area contributed by atoms with Gasteiger partial charge in [0.15, 0.2) is 0 Å². The fourth-order valence-electron chi connectivity index (χ4n) is 1.89. The number of likely N-dealkylation sites (N-methyl/N-ethyl adjacent to an activating group) is 1. The molecule has 2 rings (SSSR count). The van der Waals surface area contributed by atoms with Crippen molar-refractivity contribution in [3.8, 4) is 6.07 Å². The van der Waals surface area contributed by atoms with Crippen LogP contribution in [0, 0.1) is 17.2 Å². The lowest BCUT2D eigenvalue weighted by molar-refractivity contribution is -0.141. The summed E-state index contributed by atoms with van der Waals surface area (Å²) in [6.07, 6.45) is 1.48. The first-order valence-corrected chi connectivity index (χ1v) is 5.40. The summed E-state index contributed by atoms with van der Waals surface area (Å²) in [6.45, 7) is 0.496. The van der Waals surface area contributed by atoms with E-state index in [0.717, 1.165) is 0 Å². The number of carboxylic acids is 1. The average Bonchev–Trinajstić information content (AvgIpc) is 2.87. The Labute approximate surface area is 104 Å². The molecule has 0 radical (unpaired) electrons. The van der Waals surface area contributed by atoms with Crippen LogP contribution in [-0.2, 0) is 9.53 Å². The maximum atomic E-state index is 11.1. The maximum absolute atomic E-state index is 11.1. The summed E-state index contributed by atoms with van der Waals surface area (Å²) in [4.78, 5) is 20.8. The van der Waals surface area contributed by atoms with Gasteiger partial charge in [-0.2, -0.15) is 5.26 Å². The first kappa shape index (κ1) is 12.3. The van der Waals surface area contributed by atoms with Gasteiger partial charge in [-0.05, 0) is 6.07 Å². The predicted octanol–water partition coefficient (Wildman–Crippen LogP) is -0.116. The zero-order chi connectivity index (χ0) is 13.1. The van der Waals surface area contributed by atoms with Gasteiger partial charge in [0.25, 0.3) is 0 Å². The molecule has 1 aliphatic heterocycles. The van der Waals surface area contributed by atoms with Crippen LogP contribution < -0.4 is 4.90 Å². The molecule has 1 aromatic heterocycles. The normalized spacial score (nSPS) is 22.4. The van der Waals surface area contributed by atoms with Gasteiger partial charge in [-0.15, -0.1) is 0 Å². The second-order valence-corrected chi connectivity index (χ2v) is 4.01. The highest BCUT2D eigenvalue weighted by molar-refractivity contribution is 5.72. The van der Waals surface area contributed by atoms with Crippen LogP contribution in [0.2, 0.25) is 0 Å². The second kappa shape index (κ2) is 4.98. The topological polar surface area (TPSA) is 99.3 Å². The number of carbonyl (C=O) groups is 1. The van der Waals surface area contributed by atoms with Gasteiger partial charge in [-0.3, -0.25) is 4.79 Å². The van der Waals surface area contributed by atoms with Crippen molar-refractivity contribution >= 4 is 11.9 Å². The minimum absolute atomic E-state index is 0.183. The minimum atomic E-state index is -0.902. The molecule has 0 aliphatic carbocycles. The summed E-state index contributed by atoms with van der Waals surface area (Å²) in [6, 6.07) is 3.10. The van der Waals surface area contributed by atoms with Gasteiger partial charge >= 0.3 is 5.97 Å². The Bertz CT molecular complexity index is 499. The molecule has 1 aromatic rings. The smallest absolute Gasteiger partial charge is 0.311 e. The van der Waals surface area contributed by atoms with Crippen LogP contribution in [0.25, 0.3) is 0 Å². The molecule has 2 unspecified atom stereocenters. The molecule has 0 bridgehead atoms. The monoisotopic (exact) mass is 248 g/mol. The quantitative estimate of drug-likeness (QED) is 0.796. The van der Waals surface area contributed by atoms with Crippen molar-refractivity contribution in [2.75, 3.05) is 25.2 Å². The van der Waals surface area contributed by atoms with E-state index >= 15 is 0 Å². The second-order valence-electron chi connectivity index (χ2n) is 4.01. The highest BCUT2D eigenvalue weighted by Crippen LogP contribution is 2.22. The highest BCUT2D eigenvalue weighted by Gasteiger charge is 2.37. The van der Waals surface area contributed by atoms with Gasteiger partial charge < -0.3 is 14.7 Å². The summed E-state index contributed by atoms with van der Waals surface area (Å²) in [7, 11) is 1.70. The summed E-state index contributed by atoms with van der Waals surface area (Å²) >= 11 is 0. The third-order valence-corrected chi connectivity index (χ3v) is 2.94. The van der Waals surface area contributed by atoms with Crippen molar-refractivity contribution in [3.05, 3.63) is 18.0 Å². The molecule has 2 atom stereocenters. The average molecular weight is 248 g/mol. The lowest BCUT2D eigenvalue weighted by atomic mass is 10.0. The van der Waals surface area contributed by atoms with E-state index in [1.165, 1.54) is 12.3 Å². The van der Waals surface area contributed by atoms with Crippen LogP contribution >= 0.6 is 0 Å². The number of hydrogen-bond donors (Lipinski definition) is 1. The minimum Gasteiger partial charge on any atom is -0.481 e. The van der Waals surface area contributed by atoms with Crippen molar-refractivity contribution in [2.24, 2.45) is 5.92 Å². The van der Waals surface area contributed by atoms with Gasteiger partial charge in [0, 0.05) is 13.2 Å². The first-order valence-electron chi connectivity index (χ1n) is 5.40. The van der Waals surface area contributed by atoms with Crippen molar-refractivity contribution in [2.45, 2.75) is 6.04 Å². The molecule has 1 fully saturated rings. The van der Waals surface area contributed by atoms with E-state index < -0.39 is 11.9 Å². The molecule has 94 valence electrons. The fraction of sp³-hybridized carbons (Fsp3) is 0.455. The van der Waals surface area contributed by atoms with Crippen LogP contribution in [0.1, 0.15) is 5.69 Å². The van der Waals surface area contributed by atoms with Crippen LogP contribution in [0.5, 0.6) is 0 Å². The number of aromatic nitrogens is 2. The Hall–Kier alpha value is -2.20. The molecule has 1 saturated heterocycles. The number of anilines is 1. The predicted molar refractivity (Wildman–Crippen MR) is 60.9 cm³/mol. The SMILES string of the molecule is CN(c1nccc(C#N)n1)C1COCC1C(=O)O. The molecule has 1 aliphatic rings. The van der Waals surface area contributed by atoms with Crippen LogP contribution in [0.4, 0.5) is 5.95 Å². The number of aliphatic carboxylic acids is 1. The Morgan fingerprint density at radius 3 is 3.11 bits per heavy atom. The van der Waals surface area contributed by atoms with Crippen molar-refractivity contribution in [1.82, 2.24) is 9.97 Å². The Kier molecular flexibility index (Phi) is 3.39. The molecule has 7 nitrogen and oxygen atoms in total. The molecule has 7 heteroatoms. The Balaban J connectivity index is 2.22. The molecule has 0 amide bonds. The number of nitrogens with zero attached hydrogens (tertiary/aromatic N) is 4. The van der Waals surface area contributed by atoms with E-state index in [4.69, 9.17) is 15.1 Å². The summed E-state index contributed by atoms with van der Waals surface area (Å²) in [5.74, 6) is -1.18. The van der Waals surface area contributed by atoms with Crippen molar-refractivity contribution in [3.63, 3.8) is 0 Å². The number of nitriles is 1. The molecule has 2 heterocycles. The first-order chi connectivity index (χ1) is 8.63. The van der Waals surface area contributed by atoms with E-state index in [-0.39, 0.29) is 18.3 Å². The van der Waals surface area contributed by atoms with Crippen molar-refractivity contribution < 1.29 is 14.6 Å². The third-order valence-electron chi connectivity index (χ3n) is 2.94. The lowest BCUT2D eigenvalue weighted by Crippen LogP contribution is -2.41. The fourth-order valence-corrected chi connectivity index (χ4v) is 1.89. The molecule has 0 aromatic carbocycles. The van der Waals surface area contributed by atoms with Gasteiger partial charge in [-0.25, -0.2) is 9.97 Å². The summed E-state index contributed by atoms with van der Waals surface area (Å²) in [5.41, 5.74) is 0.248. The van der Waals surface area contributed by atoms with E-state index in [9.17, 15) is 4.79 Å². The summed E-state index contributed by atoms with van der Waals surface area (Å²) < 4.78 is 5.19. The van der Waals surface area contributed by atoms with E-state index in [1.807, 2.05) is 6.07 Å². The number of carboxylic acid groups (broad SMARTS) is 1. The molecule has 1 N–H and O–H groups in total. The van der Waals surface area contributed by atoms with E-state index in [0.29, 0.717) is 12.6 Å². The van der Waals surface area contributed by atoms with Crippen LogP contribution in [0.15, 0.2) is 12.3 Å². The number of hydrogen-bond acceptors (Lipinski definition) is 6. The highest BCUT2D eigenvalue weighted by atomic mass is 16.5. The largest absolute Gasteiger partial charge is 0.481 e. The molecule has 0 saturated carbocycles. The van der Waals surface area contributed by atoms with Crippen LogP contribution in [0.3, 0.4) is 0 Å². The van der Waals surface area contributed by atoms with Crippen molar-refractivity contribution in [1.29, 1.82) is 5.26 Å². The van der Waals surface area contributed by atoms with E-state index in [1.54, 1.807) is 11.9 Å². The molecular formula is C11H12N4O3.